The highest BCUT2D eigenvalue weighted by Crippen LogP contribution is 2.06. The number of piperidine rings is 1. The van der Waals surface area contributed by atoms with E-state index >= 15 is 0 Å². The average molecular weight is 266 g/mol. The van der Waals surface area contributed by atoms with Crippen molar-refractivity contribution in [2.24, 2.45) is 0 Å². The molecule has 0 saturated carbocycles. The van der Waals surface area contributed by atoms with Crippen LogP contribution in [0, 0.1) is 11.3 Å². The number of nitrogens with one attached hydrogen (secondary N) is 2. The molecule has 2 N–H and O–H groups in total. The molecule has 0 unspecified atom stereocenters. The van der Waals surface area contributed by atoms with Gasteiger partial charge in [-0.2, -0.15) is 5.26 Å². The van der Waals surface area contributed by atoms with Crippen molar-refractivity contribution in [3.8, 4) is 6.07 Å². The summed E-state index contributed by atoms with van der Waals surface area (Å²) in [4.78, 5) is 11.9. The minimum Gasteiger partial charge on any atom is -0.348 e. The summed E-state index contributed by atoms with van der Waals surface area (Å²) >= 11 is 0. The number of hydrogen-bond acceptors (Lipinski definition) is 3. The molecule has 1 aromatic rings. The summed E-state index contributed by atoms with van der Waals surface area (Å²) in [6.45, 7) is 1.87. The predicted octanol–water partition coefficient (Wildman–Crippen LogP) is 1.46. The van der Waals surface area contributed by atoms with Crippen LogP contribution in [0.1, 0.15) is 28.8 Å². The van der Waals surface area contributed by atoms with Crippen LogP contribution in [0.4, 0.5) is 0 Å². The third kappa shape index (κ3) is 3.73. The highest BCUT2D eigenvalue weighted by Gasteiger charge is 2.15. The molecule has 4 nitrogen and oxygen atoms in total. The molecule has 0 bridgehead atoms. The molecule has 1 fully saturated rings. The Balaban J connectivity index is 0.00000162. The maximum atomic E-state index is 11.9. The van der Waals surface area contributed by atoms with Crippen molar-refractivity contribution in [1.29, 1.82) is 5.26 Å². The van der Waals surface area contributed by atoms with Crippen molar-refractivity contribution in [3.63, 3.8) is 0 Å². The first-order valence-corrected chi connectivity index (χ1v) is 5.81. The number of amides is 1. The van der Waals surface area contributed by atoms with Crippen molar-refractivity contribution in [2.75, 3.05) is 13.1 Å². The molecule has 96 valence electrons. The second-order valence-corrected chi connectivity index (χ2v) is 4.21. The van der Waals surface area contributed by atoms with Gasteiger partial charge in [-0.25, -0.2) is 0 Å². The first kappa shape index (κ1) is 14.5. The molecule has 18 heavy (non-hydrogen) atoms. The van der Waals surface area contributed by atoms with Crippen LogP contribution in [-0.4, -0.2) is 25.0 Å². The summed E-state index contributed by atoms with van der Waals surface area (Å²) in [7, 11) is 0. The molecule has 1 amide bonds. The van der Waals surface area contributed by atoms with E-state index in [1.165, 1.54) is 0 Å². The van der Waals surface area contributed by atoms with E-state index in [-0.39, 0.29) is 24.4 Å². The average Bonchev–Trinajstić information content (AvgIpc) is 2.40. The monoisotopic (exact) mass is 265 g/mol. The lowest BCUT2D eigenvalue weighted by Crippen LogP contribution is -2.45. The van der Waals surface area contributed by atoms with E-state index in [4.69, 9.17) is 5.26 Å². The van der Waals surface area contributed by atoms with Crippen LogP contribution in [0.25, 0.3) is 0 Å². The fourth-order valence-corrected chi connectivity index (χ4v) is 1.94. The van der Waals surface area contributed by atoms with Crippen molar-refractivity contribution < 1.29 is 4.79 Å². The third-order valence-corrected chi connectivity index (χ3v) is 2.91. The molecule has 1 atom stereocenters. The number of nitrogens with zero attached hydrogens (tertiary/aromatic N) is 1. The number of halogens is 1. The Labute approximate surface area is 113 Å². The van der Waals surface area contributed by atoms with Gasteiger partial charge in [-0.3, -0.25) is 4.79 Å². The Morgan fingerprint density at radius 3 is 2.67 bits per heavy atom. The topological polar surface area (TPSA) is 64.9 Å². The van der Waals surface area contributed by atoms with Gasteiger partial charge < -0.3 is 10.6 Å². The summed E-state index contributed by atoms with van der Waals surface area (Å²) in [5.41, 5.74) is 1.18. The molecule has 1 heterocycles. The first-order chi connectivity index (χ1) is 8.29. The quantitative estimate of drug-likeness (QED) is 0.851. The lowest BCUT2D eigenvalue weighted by Gasteiger charge is -2.23. The zero-order valence-electron chi connectivity index (χ0n) is 9.98. The van der Waals surface area contributed by atoms with E-state index in [2.05, 4.69) is 10.6 Å². The zero-order valence-corrected chi connectivity index (χ0v) is 10.8. The van der Waals surface area contributed by atoms with E-state index in [0.29, 0.717) is 11.1 Å². The molecular weight excluding hydrogens is 250 g/mol. The molecule has 0 aliphatic carbocycles. The van der Waals surface area contributed by atoms with Gasteiger partial charge in [0, 0.05) is 18.2 Å². The Morgan fingerprint density at radius 2 is 2.11 bits per heavy atom. The number of carbonyl (C=O) groups is 1. The molecular formula is C13H16ClN3O. The third-order valence-electron chi connectivity index (χ3n) is 2.91. The molecule has 0 spiro atoms. The van der Waals surface area contributed by atoms with Gasteiger partial charge in [-0.05, 0) is 43.7 Å². The standard InChI is InChI=1S/C13H15N3O.ClH/c14-8-10-3-5-11(6-4-10)13(17)16-12-2-1-7-15-9-12;/h3-6,12,15H,1-2,7,9H2,(H,16,17);1H/t12-;/m0./s1. The fraction of sp³-hybridized carbons (Fsp3) is 0.385. The van der Waals surface area contributed by atoms with Crippen molar-refractivity contribution >= 4 is 18.3 Å². The van der Waals surface area contributed by atoms with E-state index in [1.54, 1.807) is 24.3 Å². The minimum atomic E-state index is -0.0665. The maximum absolute atomic E-state index is 11.9. The van der Waals surface area contributed by atoms with E-state index in [0.717, 1.165) is 25.9 Å². The summed E-state index contributed by atoms with van der Waals surface area (Å²) in [6, 6.07) is 8.94. The number of carbonyl (C=O) groups excluding carboxylic acids is 1. The molecule has 1 aliphatic rings. The van der Waals surface area contributed by atoms with Gasteiger partial charge in [0.1, 0.15) is 0 Å². The molecule has 0 radical (unpaired) electrons. The summed E-state index contributed by atoms with van der Waals surface area (Å²) in [6.07, 6.45) is 2.12. The normalized spacial score (nSPS) is 18.3. The van der Waals surface area contributed by atoms with Crippen LogP contribution in [0.15, 0.2) is 24.3 Å². The molecule has 1 saturated heterocycles. The molecule has 1 aliphatic heterocycles. The molecule has 0 aromatic heterocycles. The minimum absolute atomic E-state index is 0. The van der Waals surface area contributed by atoms with Crippen molar-refractivity contribution in [1.82, 2.24) is 10.6 Å². The molecule has 2 rings (SSSR count). The summed E-state index contributed by atoms with van der Waals surface area (Å²) in [5, 5.41) is 14.9. The van der Waals surface area contributed by atoms with Crippen LogP contribution in [0.2, 0.25) is 0 Å². The maximum Gasteiger partial charge on any atom is 0.251 e. The second-order valence-electron chi connectivity index (χ2n) is 4.21. The highest BCUT2D eigenvalue weighted by molar-refractivity contribution is 5.94. The van der Waals surface area contributed by atoms with Gasteiger partial charge in [0.25, 0.3) is 5.91 Å². The first-order valence-electron chi connectivity index (χ1n) is 5.81. The second kappa shape index (κ2) is 7.00. The van der Waals surface area contributed by atoms with E-state index in [1.807, 2.05) is 6.07 Å². The Kier molecular flexibility index (Phi) is 5.63. The van der Waals surface area contributed by atoms with Gasteiger partial charge in [0.2, 0.25) is 0 Å². The number of rotatable bonds is 2. The van der Waals surface area contributed by atoms with Crippen LogP contribution in [0.3, 0.4) is 0 Å². The van der Waals surface area contributed by atoms with Crippen molar-refractivity contribution in [2.45, 2.75) is 18.9 Å². The van der Waals surface area contributed by atoms with Gasteiger partial charge in [-0.1, -0.05) is 0 Å². The van der Waals surface area contributed by atoms with E-state index < -0.39 is 0 Å². The van der Waals surface area contributed by atoms with Gasteiger partial charge >= 0.3 is 0 Å². The van der Waals surface area contributed by atoms with Gasteiger partial charge in [0.05, 0.1) is 11.6 Å². The molecule has 1 aromatic carbocycles. The predicted molar refractivity (Wildman–Crippen MR) is 71.8 cm³/mol. The number of hydrogen-bond donors (Lipinski definition) is 2. The Morgan fingerprint density at radius 1 is 1.39 bits per heavy atom. The van der Waals surface area contributed by atoms with Crippen molar-refractivity contribution in [3.05, 3.63) is 35.4 Å². The summed E-state index contributed by atoms with van der Waals surface area (Å²) in [5.74, 6) is -0.0665. The van der Waals surface area contributed by atoms with Crippen LogP contribution >= 0.6 is 12.4 Å². The summed E-state index contributed by atoms with van der Waals surface area (Å²) < 4.78 is 0. The lowest BCUT2D eigenvalue weighted by molar-refractivity contribution is 0.0930. The zero-order chi connectivity index (χ0) is 12.1. The lowest BCUT2D eigenvalue weighted by atomic mass is 10.1. The Bertz CT molecular complexity index is 433. The van der Waals surface area contributed by atoms with Gasteiger partial charge in [0.15, 0.2) is 0 Å². The van der Waals surface area contributed by atoms with Gasteiger partial charge in [-0.15, -0.1) is 12.4 Å². The Hall–Kier alpha value is -1.57. The molecule has 5 heteroatoms. The van der Waals surface area contributed by atoms with E-state index in [9.17, 15) is 4.79 Å². The van der Waals surface area contributed by atoms with Crippen LogP contribution in [0.5, 0.6) is 0 Å². The number of benzene rings is 1. The fourth-order valence-electron chi connectivity index (χ4n) is 1.94. The van der Waals surface area contributed by atoms with Crippen LogP contribution < -0.4 is 10.6 Å². The SMILES string of the molecule is Cl.N#Cc1ccc(C(=O)N[C@H]2CCCNC2)cc1. The largest absolute Gasteiger partial charge is 0.348 e. The smallest absolute Gasteiger partial charge is 0.251 e. The highest BCUT2D eigenvalue weighted by atomic mass is 35.5. The number of nitriles is 1. The van der Waals surface area contributed by atoms with Crippen LogP contribution in [-0.2, 0) is 0 Å².